The molecule has 0 spiro atoms. The number of ether oxygens (including phenoxy) is 4. The average molecular weight is 327 g/mol. The Morgan fingerprint density at radius 3 is 2.35 bits per heavy atom. The molecule has 8 heteroatoms. The van der Waals surface area contributed by atoms with Gasteiger partial charge in [-0.3, -0.25) is 14.9 Å². The lowest BCUT2D eigenvalue weighted by molar-refractivity contribution is -0.386. The van der Waals surface area contributed by atoms with Crippen molar-refractivity contribution >= 4 is 11.7 Å². The number of hydrogen-bond donors (Lipinski definition) is 0. The monoisotopic (exact) mass is 327 g/mol. The van der Waals surface area contributed by atoms with E-state index < -0.39 is 17.2 Å². The highest BCUT2D eigenvalue weighted by Gasteiger charge is 2.21. The van der Waals surface area contributed by atoms with Gasteiger partial charge in [-0.05, 0) is 6.07 Å². The average Bonchev–Trinajstić information content (AvgIpc) is 2.51. The van der Waals surface area contributed by atoms with Crippen LogP contribution in [0.4, 0.5) is 5.69 Å². The van der Waals surface area contributed by atoms with Crippen molar-refractivity contribution in [2.45, 2.75) is 39.6 Å². The summed E-state index contributed by atoms with van der Waals surface area (Å²) in [6.07, 6.45) is 0.498. The first kappa shape index (κ1) is 18.7. The van der Waals surface area contributed by atoms with Gasteiger partial charge >= 0.3 is 5.97 Å². The van der Waals surface area contributed by atoms with Crippen LogP contribution in [0.3, 0.4) is 0 Å². The molecular weight excluding hydrogens is 306 g/mol. The van der Waals surface area contributed by atoms with E-state index in [1.807, 2.05) is 6.92 Å². The fourth-order valence-electron chi connectivity index (χ4n) is 1.98. The van der Waals surface area contributed by atoms with Crippen LogP contribution in [-0.2, 0) is 20.9 Å². The lowest BCUT2D eigenvalue weighted by atomic mass is 10.1. The number of esters is 1. The van der Waals surface area contributed by atoms with E-state index in [0.29, 0.717) is 17.7 Å². The van der Waals surface area contributed by atoms with Crippen LogP contribution in [0.15, 0.2) is 12.1 Å². The maximum atomic E-state index is 11.2. The molecule has 0 saturated heterocycles. The van der Waals surface area contributed by atoms with E-state index in [1.165, 1.54) is 33.3 Å². The first-order valence-corrected chi connectivity index (χ1v) is 7.11. The molecule has 1 atom stereocenters. The van der Waals surface area contributed by atoms with Crippen molar-refractivity contribution in [3.63, 3.8) is 0 Å². The molecule has 0 aromatic heterocycles. The molecule has 0 N–H and O–H groups in total. The fourth-order valence-corrected chi connectivity index (χ4v) is 1.98. The summed E-state index contributed by atoms with van der Waals surface area (Å²) in [5.74, 6) is 0.148. The molecule has 128 valence electrons. The maximum Gasteiger partial charge on any atom is 0.304 e. The van der Waals surface area contributed by atoms with E-state index in [9.17, 15) is 14.9 Å². The van der Waals surface area contributed by atoms with Crippen LogP contribution in [-0.4, -0.2) is 31.4 Å². The van der Waals surface area contributed by atoms with Crippen LogP contribution >= 0.6 is 0 Å². The van der Waals surface area contributed by atoms with Gasteiger partial charge in [-0.1, -0.05) is 13.3 Å². The van der Waals surface area contributed by atoms with E-state index in [4.69, 9.17) is 18.9 Å². The maximum absolute atomic E-state index is 11.2. The Balaban J connectivity index is 3.00. The number of nitro benzene ring substituents is 1. The zero-order valence-electron chi connectivity index (χ0n) is 13.7. The van der Waals surface area contributed by atoms with Crippen molar-refractivity contribution < 1.29 is 28.7 Å². The number of nitro groups is 1. The molecule has 0 fully saturated rings. The Kier molecular flexibility index (Phi) is 7.27. The highest BCUT2D eigenvalue weighted by Crippen LogP contribution is 2.35. The lowest BCUT2D eigenvalue weighted by Crippen LogP contribution is -2.20. The number of rotatable bonds is 9. The quantitative estimate of drug-likeness (QED) is 0.298. The minimum Gasteiger partial charge on any atom is -0.493 e. The second kappa shape index (κ2) is 8.94. The van der Waals surface area contributed by atoms with Crippen molar-refractivity contribution in [2.24, 2.45) is 0 Å². The van der Waals surface area contributed by atoms with Gasteiger partial charge in [0.1, 0.15) is 0 Å². The second-order valence-electron chi connectivity index (χ2n) is 4.73. The van der Waals surface area contributed by atoms with Crippen molar-refractivity contribution in [2.75, 3.05) is 14.2 Å². The zero-order valence-corrected chi connectivity index (χ0v) is 13.7. The Hall–Kier alpha value is -2.35. The summed E-state index contributed by atoms with van der Waals surface area (Å²) < 4.78 is 20.7. The molecule has 0 aliphatic heterocycles. The van der Waals surface area contributed by atoms with Crippen molar-refractivity contribution in [3.8, 4) is 11.5 Å². The van der Waals surface area contributed by atoms with Crippen LogP contribution in [0.1, 0.15) is 32.3 Å². The third-order valence-corrected chi connectivity index (χ3v) is 3.03. The van der Waals surface area contributed by atoms with Gasteiger partial charge in [-0.2, -0.15) is 0 Å². The minimum absolute atomic E-state index is 0.0887. The topological polar surface area (TPSA) is 97.1 Å². The molecule has 0 heterocycles. The normalized spacial score (nSPS) is 11.7. The molecule has 0 amide bonds. The Morgan fingerprint density at radius 2 is 1.87 bits per heavy atom. The molecule has 0 saturated carbocycles. The fraction of sp³-hybridized carbons (Fsp3) is 0.533. The predicted molar refractivity (Wildman–Crippen MR) is 81.5 cm³/mol. The SMILES string of the molecule is CCCC(OCc1cc(OC)c(OC)cc1[N+](=O)[O-])OC(C)=O. The van der Waals surface area contributed by atoms with Gasteiger partial charge in [0.05, 0.1) is 37.4 Å². The number of methoxy groups -OCH3 is 2. The molecule has 1 rings (SSSR count). The van der Waals surface area contributed by atoms with E-state index in [2.05, 4.69) is 0 Å². The highest BCUT2D eigenvalue weighted by molar-refractivity contribution is 5.66. The van der Waals surface area contributed by atoms with Gasteiger partial charge in [0.15, 0.2) is 11.5 Å². The summed E-state index contributed by atoms with van der Waals surface area (Å²) in [6.45, 7) is 3.11. The van der Waals surface area contributed by atoms with E-state index in [1.54, 1.807) is 0 Å². The summed E-state index contributed by atoms with van der Waals surface area (Å²) in [6, 6.07) is 2.76. The van der Waals surface area contributed by atoms with Gasteiger partial charge in [-0.15, -0.1) is 0 Å². The van der Waals surface area contributed by atoms with Gasteiger partial charge < -0.3 is 18.9 Å². The molecule has 0 radical (unpaired) electrons. The van der Waals surface area contributed by atoms with Crippen LogP contribution in [0, 0.1) is 10.1 Å². The first-order chi connectivity index (χ1) is 10.9. The van der Waals surface area contributed by atoms with Crippen LogP contribution in [0.2, 0.25) is 0 Å². The summed E-state index contributed by atoms with van der Waals surface area (Å²) in [5.41, 5.74) is 0.154. The molecule has 0 aliphatic rings. The van der Waals surface area contributed by atoms with Gasteiger partial charge in [0, 0.05) is 13.3 Å². The van der Waals surface area contributed by atoms with Crippen molar-refractivity contribution in [3.05, 3.63) is 27.8 Å². The first-order valence-electron chi connectivity index (χ1n) is 7.11. The zero-order chi connectivity index (χ0) is 17.4. The Morgan fingerprint density at radius 1 is 1.26 bits per heavy atom. The second-order valence-corrected chi connectivity index (χ2v) is 4.73. The van der Waals surface area contributed by atoms with Gasteiger partial charge in [-0.25, -0.2) is 0 Å². The van der Waals surface area contributed by atoms with Crippen LogP contribution in [0.25, 0.3) is 0 Å². The third-order valence-electron chi connectivity index (χ3n) is 3.03. The van der Waals surface area contributed by atoms with Crippen LogP contribution in [0.5, 0.6) is 11.5 Å². The standard InChI is InChI=1S/C15H21NO7/c1-5-6-15(23-10(2)17)22-9-11-7-13(20-3)14(21-4)8-12(11)16(18)19/h7-8,15H,5-6,9H2,1-4H3. The number of carbonyl (C=O) groups excluding carboxylic acids is 1. The predicted octanol–water partition coefficient (Wildman–Crippen LogP) is 2.82. The van der Waals surface area contributed by atoms with E-state index in [0.717, 1.165) is 6.42 Å². The summed E-state index contributed by atoms with van der Waals surface area (Å²) in [4.78, 5) is 21.7. The van der Waals surface area contributed by atoms with Crippen molar-refractivity contribution in [1.29, 1.82) is 0 Å². The molecule has 0 aliphatic carbocycles. The number of nitrogens with zero attached hydrogens (tertiary/aromatic N) is 1. The molecular formula is C15H21NO7. The van der Waals surface area contributed by atoms with E-state index in [-0.39, 0.29) is 18.0 Å². The number of hydrogen-bond acceptors (Lipinski definition) is 7. The highest BCUT2D eigenvalue weighted by atomic mass is 16.7. The summed E-state index contributed by atoms with van der Waals surface area (Å²) >= 11 is 0. The number of carbonyl (C=O) groups is 1. The molecule has 1 aromatic rings. The molecule has 8 nitrogen and oxygen atoms in total. The molecule has 1 aromatic carbocycles. The summed E-state index contributed by atoms with van der Waals surface area (Å²) in [5, 5.41) is 11.2. The number of benzene rings is 1. The van der Waals surface area contributed by atoms with Crippen LogP contribution < -0.4 is 9.47 Å². The Bertz CT molecular complexity index is 559. The molecule has 23 heavy (non-hydrogen) atoms. The molecule has 1 unspecified atom stereocenters. The van der Waals surface area contributed by atoms with Gasteiger partial charge in [0.2, 0.25) is 6.29 Å². The van der Waals surface area contributed by atoms with E-state index >= 15 is 0 Å². The van der Waals surface area contributed by atoms with Gasteiger partial charge in [0.25, 0.3) is 5.69 Å². The smallest absolute Gasteiger partial charge is 0.304 e. The third kappa shape index (κ3) is 5.41. The summed E-state index contributed by atoms with van der Waals surface area (Å²) in [7, 11) is 2.84. The minimum atomic E-state index is -0.745. The Labute approximate surface area is 134 Å². The van der Waals surface area contributed by atoms with Crippen molar-refractivity contribution in [1.82, 2.24) is 0 Å². The molecule has 0 bridgehead atoms. The lowest BCUT2D eigenvalue weighted by Gasteiger charge is -2.17. The largest absolute Gasteiger partial charge is 0.493 e.